The van der Waals surface area contributed by atoms with Gasteiger partial charge in [0, 0.05) is 0 Å². The first-order valence-electron chi connectivity index (χ1n) is 7.64. The second kappa shape index (κ2) is 8.70. The average molecular weight is 494 g/mol. The fourth-order valence-electron chi connectivity index (χ4n) is 2.19. The molecule has 1 N–H and O–H groups in total. The van der Waals surface area contributed by atoms with Gasteiger partial charge >= 0.3 is 0 Å². The fraction of sp³-hybridized carbons (Fsp3) is 0.0526. The standard InChI is InChI=1S/C19H14Br2N2O2S/c1-2-8-25-17-14(20)9-12(10-15(17)21)11-16-18(24)23-19(26-16)22-13-6-4-3-5-7-13/h2-7,9-11H,1,8H2,(H,22,23,24)/b16-11-. The van der Waals surface area contributed by atoms with Crippen LogP contribution in [-0.2, 0) is 4.79 Å². The number of aliphatic imine (C=N–C) groups is 1. The molecule has 0 aliphatic carbocycles. The number of benzene rings is 2. The van der Waals surface area contributed by atoms with Crippen molar-refractivity contribution < 1.29 is 9.53 Å². The van der Waals surface area contributed by atoms with E-state index in [1.54, 1.807) is 6.08 Å². The Hall–Kier alpha value is -1.83. The first kappa shape index (κ1) is 18.9. The van der Waals surface area contributed by atoms with Crippen LogP contribution in [-0.4, -0.2) is 17.7 Å². The first-order valence-corrected chi connectivity index (χ1v) is 10.0. The van der Waals surface area contributed by atoms with Crippen LogP contribution in [0.5, 0.6) is 5.75 Å². The Morgan fingerprint density at radius 3 is 2.54 bits per heavy atom. The summed E-state index contributed by atoms with van der Waals surface area (Å²) in [4.78, 5) is 17.2. The van der Waals surface area contributed by atoms with Crippen molar-refractivity contribution in [1.82, 2.24) is 5.32 Å². The zero-order chi connectivity index (χ0) is 18.5. The molecule has 0 spiro atoms. The zero-order valence-electron chi connectivity index (χ0n) is 13.5. The van der Waals surface area contributed by atoms with Gasteiger partial charge in [-0.3, -0.25) is 4.79 Å². The second-order valence-electron chi connectivity index (χ2n) is 5.23. The Bertz CT molecular complexity index is 888. The van der Waals surface area contributed by atoms with Crippen molar-refractivity contribution in [2.45, 2.75) is 0 Å². The maximum atomic E-state index is 12.2. The molecule has 4 nitrogen and oxygen atoms in total. The molecule has 3 rings (SSSR count). The highest BCUT2D eigenvalue weighted by Crippen LogP contribution is 2.36. The lowest BCUT2D eigenvalue weighted by Crippen LogP contribution is -2.19. The molecule has 0 atom stereocenters. The van der Waals surface area contributed by atoms with Gasteiger partial charge in [-0.15, -0.1) is 0 Å². The number of para-hydroxylation sites is 1. The number of carbonyl (C=O) groups is 1. The number of amidine groups is 1. The second-order valence-corrected chi connectivity index (χ2v) is 7.97. The lowest BCUT2D eigenvalue weighted by atomic mass is 10.2. The molecule has 1 saturated heterocycles. The maximum Gasteiger partial charge on any atom is 0.264 e. The van der Waals surface area contributed by atoms with Crippen molar-refractivity contribution in [2.24, 2.45) is 4.99 Å². The van der Waals surface area contributed by atoms with Crippen molar-refractivity contribution in [1.29, 1.82) is 0 Å². The lowest BCUT2D eigenvalue weighted by molar-refractivity contribution is -0.115. The Balaban J connectivity index is 1.83. The summed E-state index contributed by atoms with van der Waals surface area (Å²) in [5, 5.41) is 3.35. The molecule has 2 aromatic carbocycles. The van der Waals surface area contributed by atoms with E-state index >= 15 is 0 Å². The molecule has 1 aliphatic heterocycles. The van der Waals surface area contributed by atoms with Gasteiger partial charge in [-0.1, -0.05) is 30.9 Å². The highest BCUT2D eigenvalue weighted by atomic mass is 79.9. The van der Waals surface area contributed by atoms with E-state index in [2.05, 4.69) is 48.7 Å². The van der Waals surface area contributed by atoms with E-state index < -0.39 is 0 Å². The first-order chi connectivity index (χ1) is 12.6. The number of nitrogens with one attached hydrogen (secondary N) is 1. The smallest absolute Gasteiger partial charge is 0.264 e. The van der Waals surface area contributed by atoms with E-state index in [1.807, 2.05) is 48.5 Å². The number of hydrogen-bond donors (Lipinski definition) is 1. The van der Waals surface area contributed by atoms with Crippen molar-refractivity contribution in [3.05, 3.63) is 74.5 Å². The monoisotopic (exact) mass is 492 g/mol. The van der Waals surface area contributed by atoms with Gasteiger partial charge in [-0.2, -0.15) is 0 Å². The van der Waals surface area contributed by atoms with Gasteiger partial charge in [-0.05, 0) is 79.5 Å². The summed E-state index contributed by atoms with van der Waals surface area (Å²) >= 11 is 8.31. The summed E-state index contributed by atoms with van der Waals surface area (Å²) in [6.45, 7) is 4.05. The molecule has 2 aromatic rings. The average Bonchev–Trinajstić information content (AvgIpc) is 2.94. The number of thioether (sulfide) groups is 1. The molecule has 1 amide bonds. The molecule has 7 heteroatoms. The Morgan fingerprint density at radius 1 is 1.19 bits per heavy atom. The Kier molecular flexibility index (Phi) is 6.34. The van der Waals surface area contributed by atoms with Gasteiger partial charge in [0.1, 0.15) is 12.4 Å². The summed E-state index contributed by atoms with van der Waals surface area (Å²) in [7, 11) is 0. The molecule has 0 unspecified atom stereocenters. The van der Waals surface area contributed by atoms with Crippen LogP contribution in [0.2, 0.25) is 0 Å². The van der Waals surface area contributed by atoms with E-state index in [9.17, 15) is 4.79 Å². The maximum absolute atomic E-state index is 12.2. The normalized spacial score (nSPS) is 16.8. The quantitative estimate of drug-likeness (QED) is 0.431. The minimum Gasteiger partial charge on any atom is -0.487 e. The zero-order valence-corrected chi connectivity index (χ0v) is 17.5. The van der Waals surface area contributed by atoms with Crippen molar-refractivity contribution in [3.8, 4) is 5.75 Å². The third-order valence-electron chi connectivity index (χ3n) is 3.30. The highest BCUT2D eigenvalue weighted by molar-refractivity contribution is 9.11. The Labute approximate surface area is 172 Å². The summed E-state index contributed by atoms with van der Waals surface area (Å²) in [5.74, 6) is 0.533. The minimum atomic E-state index is -0.163. The van der Waals surface area contributed by atoms with Crippen molar-refractivity contribution in [3.63, 3.8) is 0 Å². The van der Waals surface area contributed by atoms with E-state index in [0.717, 1.165) is 20.2 Å². The molecule has 1 heterocycles. The number of rotatable bonds is 5. The van der Waals surface area contributed by atoms with Gasteiger partial charge in [0.15, 0.2) is 5.17 Å². The highest BCUT2D eigenvalue weighted by Gasteiger charge is 2.24. The topological polar surface area (TPSA) is 50.7 Å². The third kappa shape index (κ3) is 4.66. The Morgan fingerprint density at radius 2 is 1.88 bits per heavy atom. The summed E-state index contributed by atoms with van der Waals surface area (Å²) < 4.78 is 7.20. The molecule has 26 heavy (non-hydrogen) atoms. The summed E-state index contributed by atoms with van der Waals surface area (Å²) in [5.41, 5.74) is 1.67. The van der Waals surface area contributed by atoms with Crippen LogP contribution < -0.4 is 10.1 Å². The van der Waals surface area contributed by atoms with Crippen LogP contribution in [0.1, 0.15) is 5.56 Å². The molecule has 0 saturated carbocycles. The number of carbonyl (C=O) groups excluding carboxylic acids is 1. The van der Waals surface area contributed by atoms with Crippen LogP contribution in [0.3, 0.4) is 0 Å². The third-order valence-corrected chi connectivity index (χ3v) is 5.39. The van der Waals surface area contributed by atoms with Gasteiger partial charge in [0.2, 0.25) is 0 Å². The molecule has 1 aliphatic rings. The number of ether oxygens (including phenoxy) is 1. The van der Waals surface area contributed by atoms with Gasteiger partial charge in [-0.25, -0.2) is 4.99 Å². The predicted molar refractivity (Wildman–Crippen MR) is 115 cm³/mol. The van der Waals surface area contributed by atoms with E-state index in [4.69, 9.17) is 4.74 Å². The molecule has 132 valence electrons. The van der Waals surface area contributed by atoms with Crippen LogP contribution in [0.25, 0.3) is 6.08 Å². The number of hydrogen-bond acceptors (Lipinski definition) is 4. The lowest BCUT2D eigenvalue weighted by Gasteiger charge is -2.09. The van der Waals surface area contributed by atoms with E-state index in [1.165, 1.54) is 11.8 Å². The molecular formula is C19H14Br2N2O2S. The van der Waals surface area contributed by atoms with Gasteiger partial charge in [0.05, 0.1) is 19.5 Å². The SMILES string of the molecule is C=CCOc1c(Br)cc(/C=C2\SC(=Nc3ccccc3)NC2=O)cc1Br. The van der Waals surface area contributed by atoms with Crippen LogP contribution >= 0.6 is 43.6 Å². The summed E-state index contributed by atoms with van der Waals surface area (Å²) in [6, 6.07) is 13.3. The molecule has 0 aromatic heterocycles. The van der Waals surface area contributed by atoms with Crippen LogP contribution in [0.4, 0.5) is 5.69 Å². The predicted octanol–water partition coefficient (Wildman–Crippen LogP) is 5.67. The van der Waals surface area contributed by atoms with Gasteiger partial charge in [0.25, 0.3) is 5.91 Å². The fourth-order valence-corrected chi connectivity index (χ4v) is 4.49. The van der Waals surface area contributed by atoms with Crippen molar-refractivity contribution >= 4 is 66.5 Å². The van der Waals surface area contributed by atoms with Crippen LogP contribution in [0.15, 0.2) is 74.0 Å². The molecule has 1 fully saturated rings. The molecule has 0 bridgehead atoms. The molecular weight excluding hydrogens is 480 g/mol. The van der Waals surface area contributed by atoms with Crippen LogP contribution in [0, 0.1) is 0 Å². The largest absolute Gasteiger partial charge is 0.487 e. The number of halogens is 2. The van der Waals surface area contributed by atoms with Gasteiger partial charge < -0.3 is 10.1 Å². The summed E-state index contributed by atoms with van der Waals surface area (Å²) in [6.07, 6.45) is 3.50. The number of nitrogens with zero attached hydrogens (tertiary/aromatic N) is 1. The van der Waals surface area contributed by atoms with Crippen molar-refractivity contribution in [2.75, 3.05) is 6.61 Å². The van der Waals surface area contributed by atoms with E-state index in [-0.39, 0.29) is 5.91 Å². The minimum absolute atomic E-state index is 0.163. The number of amides is 1. The van der Waals surface area contributed by atoms with E-state index in [0.29, 0.717) is 22.4 Å². The molecule has 0 radical (unpaired) electrons.